The number of amides is 1. The molecular formula is C22H24N2O2S. The van der Waals surface area contributed by atoms with E-state index in [4.69, 9.17) is 9.72 Å². The Hall–Kier alpha value is -2.53. The summed E-state index contributed by atoms with van der Waals surface area (Å²) in [5.74, 6) is 0.858. The van der Waals surface area contributed by atoms with Gasteiger partial charge in [0.2, 0.25) is 5.91 Å². The number of aromatic nitrogens is 1. The highest BCUT2D eigenvalue weighted by Crippen LogP contribution is 2.29. The Morgan fingerprint density at radius 3 is 2.70 bits per heavy atom. The molecule has 0 radical (unpaired) electrons. The Balaban J connectivity index is 1.68. The summed E-state index contributed by atoms with van der Waals surface area (Å²) in [7, 11) is 0. The lowest BCUT2D eigenvalue weighted by molar-refractivity contribution is -0.120. The maximum atomic E-state index is 12.4. The molecule has 1 heterocycles. The van der Waals surface area contributed by atoms with E-state index in [1.807, 2.05) is 69.3 Å². The minimum absolute atomic E-state index is 0.0110. The summed E-state index contributed by atoms with van der Waals surface area (Å²) in [5, 5.41) is 4.70. The van der Waals surface area contributed by atoms with Crippen LogP contribution in [0, 0.1) is 6.92 Å². The lowest BCUT2D eigenvalue weighted by Gasteiger charge is -2.14. The molecule has 5 heteroatoms. The Morgan fingerprint density at radius 2 is 1.96 bits per heavy atom. The van der Waals surface area contributed by atoms with Crippen LogP contribution in [-0.2, 0) is 11.3 Å². The zero-order chi connectivity index (χ0) is 19.2. The molecule has 0 fully saturated rings. The average Bonchev–Trinajstić information content (AvgIpc) is 2.68. The quantitative estimate of drug-likeness (QED) is 0.602. The third kappa shape index (κ3) is 5.01. The molecule has 3 rings (SSSR count). The fourth-order valence-corrected chi connectivity index (χ4v) is 3.69. The lowest BCUT2D eigenvalue weighted by atomic mass is 10.1. The predicted octanol–water partition coefficient (Wildman–Crippen LogP) is 4.74. The molecule has 0 spiro atoms. The molecule has 0 aliphatic carbocycles. The molecule has 2 aromatic carbocycles. The van der Waals surface area contributed by atoms with Gasteiger partial charge in [-0.25, -0.2) is 4.98 Å². The van der Waals surface area contributed by atoms with Gasteiger partial charge in [-0.3, -0.25) is 4.79 Å². The van der Waals surface area contributed by atoms with Crippen LogP contribution in [0.15, 0.2) is 59.6 Å². The Labute approximate surface area is 164 Å². The molecule has 0 aliphatic heterocycles. The van der Waals surface area contributed by atoms with Crippen LogP contribution in [0.3, 0.4) is 0 Å². The number of carbonyl (C=O) groups is 1. The number of thioether (sulfide) groups is 1. The topological polar surface area (TPSA) is 51.2 Å². The molecule has 27 heavy (non-hydrogen) atoms. The minimum atomic E-state index is -0.222. The lowest BCUT2D eigenvalue weighted by Crippen LogP contribution is -2.30. The van der Waals surface area contributed by atoms with Gasteiger partial charge in [-0.1, -0.05) is 42.1 Å². The highest BCUT2D eigenvalue weighted by molar-refractivity contribution is 8.00. The summed E-state index contributed by atoms with van der Waals surface area (Å²) in [6, 6.07) is 17.9. The van der Waals surface area contributed by atoms with Crippen molar-refractivity contribution in [3.63, 3.8) is 0 Å². The fourth-order valence-electron chi connectivity index (χ4n) is 2.77. The van der Waals surface area contributed by atoms with Crippen molar-refractivity contribution in [3.05, 3.63) is 65.7 Å². The molecular weight excluding hydrogens is 356 g/mol. The van der Waals surface area contributed by atoms with Crippen LogP contribution in [0.2, 0.25) is 0 Å². The Kier molecular flexibility index (Phi) is 6.35. The first-order valence-corrected chi connectivity index (χ1v) is 9.97. The van der Waals surface area contributed by atoms with E-state index in [0.717, 1.165) is 32.8 Å². The van der Waals surface area contributed by atoms with Crippen molar-refractivity contribution in [3.8, 4) is 5.75 Å². The van der Waals surface area contributed by atoms with E-state index in [0.29, 0.717) is 13.2 Å². The molecule has 1 atom stereocenters. The van der Waals surface area contributed by atoms with Crippen molar-refractivity contribution < 1.29 is 9.53 Å². The van der Waals surface area contributed by atoms with Gasteiger partial charge in [0.25, 0.3) is 0 Å². The highest BCUT2D eigenvalue weighted by Gasteiger charge is 2.16. The molecule has 1 N–H and O–H groups in total. The van der Waals surface area contributed by atoms with Crippen LogP contribution in [0.4, 0.5) is 0 Å². The van der Waals surface area contributed by atoms with E-state index in [2.05, 4.69) is 11.4 Å². The zero-order valence-electron chi connectivity index (χ0n) is 15.9. The van der Waals surface area contributed by atoms with Gasteiger partial charge in [-0.2, -0.15) is 0 Å². The van der Waals surface area contributed by atoms with Crippen molar-refractivity contribution in [1.29, 1.82) is 0 Å². The van der Waals surface area contributed by atoms with E-state index in [9.17, 15) is 4.79 Å². The highest BCUT2D eigenvalue weighted by atomic mass is 32.2. The minimum Gasteiger partial charge on any atom is -0.494 e. The van der Waals surface area contributed by atoms with E-state index < -0.39 is 0 Å². The largest absolute Gasteiger partial charge is 0.494 e. The third-order valence-corrected chi connectivity index (χ3v) is 5.41. The number of benzene rings is 2. The van der Waals surface area contributed by atoms with Gasteiger partial charge < -0.3 is 10.1 Å². The van der Waals surface area contributed by atoms with E-state index in [-0.39, 0.29) is 11.2 Å². The monoisotopic (exact) mass is 380 g/mol. The van der Waals surface area contributed by atoms with Gasteiger partial charge in [0.05, 0.1) is 17.4 Å². The number of fused-ring (bicyclic) bond motifs is 1. The van der Waals surface area contributed by atoms with Crippen molar-refractivity contribution in [2.75, 3.05) is 6.61 Å². The van der Waals surface area contributed by atoms with E-state index in [1.165, 1.54) is 11.8 Å². The van der Waals surface area contributed by atoms with Gasteiger partial charge in [0.1, 0.15) is 10.8 Å². The molecule has 0 bridgehead atoms. The second-order valence-corrected chi connectivity index (χ2v) is 7.69. The molecule has 0 saturated heterocycles. The molecule has 4 nitrogen and oxygen atoms in total. The normalized spacial score (nSPS) is 12.0. The van der Waals surface area contributed by atoms with Gasteiger partial charge in [0, 0.05) is 11.9 Å². The molecule has 0 aliphatic rings. The SMILES string of the molecule is CCOc1ccc2nc(SC(C)C(=O)NCc3ccccc3)c(C)cc2c1. The standard InChI is InChI=1S/C22H24N2O2S/c1-4-26-19-10-11-20-18(13-19)12-15(2)22(24-20)27-16(3)21(25)23-14-17-8-6-5-7-9-17/h5-13,16H,4,14H2,1-3H3,(H,23,25). The Bertz CT molecular complexity index is 928. The van der Waals surface area contributed by atoms with E-state index in [1.54, 1.807) is 0 Å². The first-order chi connectivity index (χ1) is 13.1. The number of rotatable bonds is 7. The van der Waals surface area contributed by atoms with Gasteiger partial charge in [-0.05, 0) is 56.2 Å². The van der Waals surface area contributed by atoms with Gasteiger partial charge >= 0.3 is 0 Å². The summed E-state index contributed by atoms with van der Waals surface area (Å²) >= 11 is 1.49. The summed E-state index contributed by atoms with van der Waals surface area (Å²) in [6.45, 7) is 7.08. The van der Waals surface area contributed by atoms with Crippen LogP contribution in [0.1, 0.15) is 25.0 Å². The van der Waals surface area contributed by atoms with E-state index >= 15 is 0 Å². The van der Waals surface area contributed by atoms with Crippen molar-refractivity contribution >= 4 is 28.6 Å². The smallest absolute Gasteiger partial charge is 0.233 e. The summed E-state index contributed by atoms with van der Waals surface area (Å²) in [6.07, 6.45) is 0. The second-order valence-electron chi connectivity index (χ2n) is 6.36. The maximum absolute atomic E-state index is 12.4. The number of nitrogens with one attached hydrogen (secondary N) is 1. The van der Waals surface area contributed by atoms with Crippen LogP contribution in [-0.4, -0.2) is 22.7 Å². The number of ether oxygens (including phenoxy) is 1. The molecule has 1 unspecified atom stereocenters. The second kappa shape index (κ2) is 8.91. The van der Waals surface area contributed by atoms with Crippen LogP contribution >= 0.6 is 11.8 Å². The van der Waals surface area contributed by atoms with Crippen LogP contribution < -0.4 is 10.1 Å². The molecule has 140 valence electrons. The van der Waals surface area contributed by atoms with Crippen molar-refractivity contribution in [1.82, 2.24) is 10.3 Å². The first kappa shape index (κ1) is 19.2. The number of aryl methyl sites for hydroxylation is 1. The summed E-state index contributed by atoms with van der Waals surface area (Å²) in [5.41, 5.74) is 3.06. The number of hydrogen-bond acceptors (Lipinski definition) is 4. The van der Waals surface area contributed by atoms with Crippen LogP contribution in [0.25, 0.3) is 10.9 Å². The number of nitrogens with zero attached hydrogens (tertiary/aromatic N) is 1. The van der Waals surface area contributed by atoms with Crippen LogP contribution in [0.5, 0.6) is 5.75 Å². The Morgan fingerprint density at radius 1 is 1.19 bits per heavy atom. The number of pyridine rings is 1. The fraction of sp³-hybridized carbons (Fsp3) is 0.273. The zero-order valence-corrected chi connectivity index (χ0v) is 16.7. The summed E-state index contributed by atoms with van der Waals surface area (Å²) in [4.78, 5) is 17.2. The first-order valence-electron chi connectivity index (χ1n) is 9.09. The number of hydrogen-bond donors (Lipinski definition) is 1. The third-order valence-electron chi connectivity index (χ3n) is 4.21. The molecule has 1 aromatic heterocycles. The molecule has 0 saturated carbocycles. The van der Waals surface area contributed by atoms with Gasteiger partial charge in [-0.15, -0.1) is 0 Å². The molecule has 1 amide bonds. The summed E-state index contributed by atoms with van der Waals surface area (Å²) < 4.78 is 5.56. The van der Waals surface area contributed by atoms with Crippen molar-refractivity contribution in [2.24, 2.45) is 0 Å². The maximum Gasteiger partial charge on any atom is 0.233 e. The average molecular weight is 381 g/mol. The van der Waals surface area contributed by atoms with Crippen molar-refractivity contribution in [2.45, 2.75) is 37.6 Å². The van der Waals surface area contributed by atoms with Gasteiger partial charge in [0.15, 0.2) is 0 Å². The molecule has 3 aromatic rings. The number of carbonyl (C=O) groups excluding carboxylic acids is 1. The predicted molar refractivity (Wildman–Crippen MR) is 111 cm³/mol.